The lowest BCUT2D eigenvalue weighted by Crippen LogP contribution is -2.36. The van der Waals surface area contributed by atoms with Crippen LogP contribution >= 0.6 is 0 Å². The number of rotatable bonds is 4. The maximum atomic E-state index is 4.76. The Morgan fingerprint density at radius 2 is 1.85 bits per heavy atom. The zero-order valence-electron chi connectivity index (χ0n) is 11.6. The molecular formula is C16H17N4+. The molecule has 0 radical (unpaired) electrons. The first-order valence-electron chi connectivity index (χ1n) is 6.63. The van der Waals surface area contributed by atoms with Gasteiger partial charge in [0.15, 0.2) is 5.52 Å². The van der Waals surface area contributed by atoms with E-state index < -0.39 is 0 Å². The normalized spacial score (nSPS) is 11.1. The van der Waals surface area contributed by atoms with Gasteiger partial charge in [-0.05, 0) is 12.1 Å². The number of aromatic nitrogens is 4. The highest BCUT2D eigenvalue weighted by Crippen LogP contribution is 2.16. The number of para-hydroxylation sites is 2. The Bertz CT molecular complexity index is 748. The van der Waals surface area contributed by atoms with Gasteiger partial charge in [-0.1, -0.05) is 42.4 Å². The van der Waals surface area contributed by atoms with Crippen molar-refractivity contribution < 1.29 is 4.57 Å². The Balaban J connectivity index is 2.42. The zero-order chi connectivity index (χ0) is 14.1. The molecule has 0 fully saturated rings. The molecule has 0 atom stereocenters. The van der Waals surface area contributed by atoms with Crippen LogP contribution in [-0.4, -0.2) is 14.5 Å². The lowest BCUT2D eigenvalue weighted by molar-refractivity contribution is -0.669. The molecule has 0 saturated carbocycles. The topological polar surface area (TPSA) is 34.6 Å². The fraction of sp³-hybridized carbons (Fsp3) is 0.188. The first-order chi connectivity index (χ1) is 9.76. The van der Waals surface area contributed by atoms with E-state index in [2.05, 4.69) is 29.2 Å². The van der Waals surface area contributed by atoms with Crippen molar-refractivity contribution in [3.63, 3.8) is 0 Å². The summed E-state index contributed by atoms with van der Waals surface area (Å²) in [7, 11) is 0. The zero-order valence-corrected chi connectivity index (χ0v) is 11.6. The Hall–Kier alpha value is -2.49. The molecule has 0 aliphatic carbocycles. The van der Waals surface area contributed by atoms with E-state index in [0.29, 0.717) is 0 Å². The van der Waals surface area contributed by atoms with E-state index in [-0.39, 0.29) is 0 Å². The van der Waals surface area contributed by atoms with Crippen LogP contribution < -0.4 is 4.57 Å². The van der Waals surface area contributed by atoms with E-state index in [1.165, 1.54) is 0 Å². The van der Waals surface area contributed by atoms with Crippen LogP contribution in [0.4, 0.5) is 0 Å². The number of allylic oxidation sites excluding steroid dienone is 2. The highest BCUT2D eigenvalue weighted by atomic mass is 15.2. The second-order valence-electron chi connectivity index (χ2n) is 4.71. The smallest absolute Gasteiger partial charge is 0.238 e. The van der Waals surface area contributed by atoms with Crippen LogP contribution in [0.3, 0.4) is 0 Å². The monoisotopic (exact) mass is 265 g/mol. The maximum Gasteiger partial charge on any atom is 0.323 e. The number of hydrogen-bond acceptors (Lipinski definition) is 2. The minimum absolute atomic E-state index is 0.722. The van der Waals surface area contributed by atoms with E-state index >= 15 is 0 Å². The minimum Gasteiger partial charge on any atom is -0.238 e. The van der Waals surface area contributed by atoms with E-state index in [4.69, 9.17) is 9.97 Å². The van der Waals surface area contributed by atoms with Crippen molar-refractivity contribution in [3.05, 3.63) is 55.4 Å². The van der Waals surface area contributed by atoms with Crippen molar-refractivity contribution >= 4 is 22.3 Å². The van der Waals surface area contributed by atoms with Gasteiger partial charge < -0.3 is 0 Å². The number of hydrogen-bond donors (Lipinski definition) is 0. The standard InChI is InChI=1S/C16H17N4/c1-4-10-19-12(3)20(11-5-2)16-15(19)17-13-8-6-7-9-14(13)18-16/h4-9H,1-2,10-11H2,3H3/q+1. The van der Waals surface area contributed by atoms with Gasteiger partial charge in [0.05, 0.1) is 13.1 Å². The highest BCUT2D eigenvalue weighted by molar-refractivity contribution is 5.81. The fourth-order valence-electron chi connectivity index (χ4n) is 2.49. The van der Waals surface area contributed by atoms with Crippen LogP contribution in [-0.2, 0) is 13.1 Å². The summed E-state index contributed by atoms with van der Waals surface area (Å²) in [6.07, 6.45) is 3.75. The molecule has 0 aliphatic heterocycles. The molecule has 0 spiro atoms. The fourth-order valence-corrected chi connectivity index (χ4v) is 2.49. The van der Waals surface area contributed by atoms with Gasteiger partial charge in [0.1, 0.15) is 5.52 Å². The minimum atomic E-state index is 0.722. The second-order valence-corrected chi connectivity index (χ2v) is 4.71. The first kappa shape index (κ1) is 12.5. The van der Waals surface area contributed by atoms with Crippen molar-refractivity contribution in [2.75, 3.05) is 0 Å². The van der Waals surface area contributed by atoms with Gasteiger partial charge in [0, 0.05) is 6.92 Å². The van der Waals surface area contributed by atoms with E-state index in [0.717, 1.165) is 41.2 Å². The first-order valence-corrected chi connectivity index (χ1v) is 6.63. The molecule has 0 N–H and O–H groups in total. The summed E-state index contributed by atoms with van der Waals surface area (Å²) in [5, 5.41) is 0. The lowest BCUT2D eigenvalue weighted by atomic mass is 10.3. The van der Waals surface area contributed by atoms with E-state index in [9.17, 15) is 0 Å². The van der Waals surface area contributed by atoms with Crippen molar-refractivity contribution in [1.82, 2.24) is 14.5 Å². The molecule has 3 rings (SSSR count). The van der Waals surface area contributed by atoms with Crippen molar-refractivity contribution in [3.8, 4) is 0 Å². The van der Waals surface area contributed by atoms with Crippen molar-refractivity contribution in [2.45, 2.75) is 20.0 Å². The third-order valence-corrected chi connectivity index (χ3v) is 3.45. The van der Waals surface area contributed by atoms with Gasteiger partial charge in [0.2, 0.25) is 5.82 Å². The molecule has 4 nitrogen and oxygen atoms in total. The molecule has 0 saturated heterocycles. The summed E-state index contributed by atoms with van der Waals surface area (Å²) in [5.41, 5.74) is 3.60. The number of imidazole rings is 1. The predicted molar refractivity (Wildman–Crippen MR) is 80.4 cm³/mol. The Morgan fingerprint density at radius 3 is 2.50 bits per heavy atom. The third kappa shape index (κ3) is 1.81. The molecule has 0 aliphatic rings. The average Bonchev–Trinajstić information content (AvgIpc) is 2.71. The van der Waals surface area contributed by atoms with Gasteiger partial charge in [-0.3, -0.25) is 0 Å². The summed E-state index contributed by atoms with van der Waals surface area (Å²) < 4.78 is 4.26. The molecule has 0 unspecified atom stereocenters. The van der Waals surface area contributed by atoms with Gasteiger partial charge in [0.25, 0.3) is 5.65 Å². The van der Waals surface area contributed by atoms with Gasteiger partial charge in [-0.25, -0.2) is 14.1 Å². The molecule has 0 amide bonds. The van der Waals surface area contributed by atoms with E-state index in [1.807, 2.05) is 36.4 Å². The molecule has 3 aromatic rings. The van der Waals surface area contributed by atoms with Crippen LogP contribution in [0.2, 0.25) is 0 Å². The SMILES string of the molecule is C=CCn1c(C)[n+](CC=C)c2nc3ccccc3nc21. The molecular weight excluding hydrogens is 248 g/mol. The summed E-state index contributed by atoms with van der Waals surface area (Å²) in [5.74, 6) is 1.11. The summed E-state index contributed by atoms with van der Waals surface area (Å²) in [6.45, 7) is 11.2. The van der Waals surface area contributed by atoms with Crippen molar-refractivity contribution in [1.29, 1.82) is 0 Å². The molecule has 100 valence electrons. The molecule has 4 heteroatoms. The van der Waals surface area contributed by atoms with Crippen LogP contribution in [0.5, 0.6) is 0 Å². The molecule has 2 heterocycles. The number of fused-ring (bicyclic) bond motifs is 2. The predicted octanol–water partition coefficient (Wildman–Crippen LogP) is 2.55. The maximum absolute atomic E-state index is 4.76. The summed E-state index contributed by atoms with van der Waals surface area (Å²) >= 11 is 0. The highest BCUT2D eigenvalue weighted by Gasteiger charge is 2.22. The summed E-state index contributed by atoms with van der Waals surface area (Å²) in [6, 6.07) is 7.93. The summed E-state index contributed by atoms with van der Waals surface area (Å²) in [4.78, 5) is 9.52. The Morgan fingerprint density at radius 1 is 1.15 bits per heavy atom. The average molecular weight is 265 g/mol. The Labute approximate surface area is 117 Å². The van der Waals surface area contributed by atoms with Crippen LogP contribution in [0.1, 0.15) is 5.82 Å². The van der Waals surface area contributed by atoms with E-state index in [1.54, 1.807) is 0 Å². The van der Waals surface area contributed by atoms with Crippen LogP contribution in [0.15, 0.2) is 49.6 Å². The largest absolute Gasteiger partial charge is 0.323 e. The van der Waals surface area contributed by atoms with Gasteiger partial charge in [-0.2, -0.15) is 0 Å². The second kappa shape index (κ2) is 4.89. The molecule has 0 bridgehead atoms. The Kier molecular flexibility index (Phi) is 3.06. The van der Waals surface area contributed by atoms with Crippen LogP contribution in [0.25, 0.3) is 22.3 Å². The lowest BCUT2D eigenvalue weighted by Gasteiger charge is -1.97. The van der Waals surface area contributed by atoms with Gasteiger partial charge in [-0.15, -0.1) is 0 Å². The molecule has 1 aromatic carbocycles. The van der Waals surface area contributed by atoms with Crippen molar-refractivity contribution in [2.24, 2.45) is 0 Å². The molecule has 20 heavy (non-hydrogen) atoms. The number of nitrogens with zero attached hydrogens (tertiary/aromatic N) is 4. The van der Waals surface area contributed by atoms with Gasteiger partial charge >= 0.3 is 5.65 Å². The third-order valence-electron chi connectivity index (χ3n) is 3.45. The quantitative estimate of drug-likeness (QED) is 0.537. The molecule has 2 aromatic heterocycles. The number of benzene rings is 1. The van der Waals surface area contributed by atoms with Crippen LogP contribution in [0, 0.1) is 6.92 Å².